The predicted octanol–water partition coefficient (Wildman–Crippen LogP) is 5.93. The summed E-state index contributed by atoms with van der Waals surface area (Å²) in [7, 11) is 0. The molecule has 1 aliphatic heterocycles. The number of rotatable bonds is 1. The second-order valence-electron chi connectivity index (χ2n) is 6.82. The highest BCUT2D eigenvalue weighted by molar-refractivity contribution is 5.88. The molecule has 4 aromatic carbocycles. The van der Waals surface area contributed by atoms with Crippen molar-refractivity contribution in [2.45, 2.75) is 6.42 Å². The van der Waals surface area contributed by atoms with Crippen LogP contribution in [0.1, 0.15) is 16.7 Å². The molecule has 4 aromatic rings. The molecule has 0 aromatic heterocycles. The molecule has 0 amide bonds. The maximum absolute atomic E-state index is 3.44. The van der Waals surface area contributed by atoms with E-state index in [0.29, 0.717) is 0 Å². The molecule has 27 heavy (non-hydrogen) atoms. The Morgan fingerprint density at radius 3 is 2.22 bits per heavy atom. The van der Waals surface area contributed by atoms with Gasteiger partial charge in [-0.15, -0.1) is 0 Å². The summed E-state index contributed by atoms with van der Waals surface area (Å²) >= 11 is 0. The summed E-state index contributed by atoms with van der Waals surface area (Å²) < 4.78 is 0. The van der Waals surface area contributed by atoms with E-state index in [9.17, 15) is 0 Å². The Labute approximate surface area is 159 Å². The van der Waals surface area contributed by atoms with E-state index >= 15 is 0 Å². The fraction of sp³-hybridized carbons (Fsp3) is 0.0769. The lowest BCUT2D eigenvalue weighted by molar-refractivity contribution is 0.997. The minimum atomic E-state index is 1.01. The number of benzene rings is 4. The van der Waals surface area contributed by atoms with Gasteiger partial charge in [-0.25, -0.2) is 0 Å². The van der Waals surface area contributed by atoms with Crippen LogP contribution in [0.3, 0.4) is 0 Å². The van der Waals surface area contributed by atoms with Crippen molar-refractivity contribution in [2.75, 3.05) is 11.4 Å². The Kier molecular flexibility index (Phi) is 3.88. The highest BCUT2D eigenvalue weighted by Gasteiger charge is 2.21. The van der Waals surface area contributed by atoms with Crippen LogP contribution in [-0.2, 0) is 6.42 Å². The fourth-order valence-corrected chi connectivity index (χ4v) is 3.87. The van der Waals surface area contributed by atoms with E-state index in [4.69, 9.17) is 0 Å². The Morgan fingerprint density at radius 1 is 0.593 bits per heavy atom. The van der Waals surface area contributed by atoms with Crippen LogP contribution >= 0.6 is 0 Å². The van der Waals surface area contributed by atoms with Crippen molar-refractivity contribution in [3.05, 3.63) is 108 Å². The lowest BCUT2D eigenvalue weighted by atomic mass is 10.0. The molecule has 1 heteroatoms. The molecule has 0 saturated carbocycles. The van der Waals surface area contributed by atoms with Gasteiger partial charge in [0, 0.05) is 23.4 Å². The van der Waals surface area contributed by atoms with Crippen LogP contribution in [0.4, 0.5) is 11.4 Å². The van der Waals surface area contributed by atoms with Gasteiger partial charge in [0.15, 0.2) is 0 Å². The summed E-state index contributed by atoms with van der Waals surface area (Å²) in [6.07, 6.45) is 1.08. The van der Waals surface area contributed by atoms with Gasteiger partial charge < -0.3 is 4.90 Å². The van der Waals surface area contributed by atoms with Gasteiger partial charge in [-0.05, 0) is 47.0 Å². The van der Waals surface area contributed by atoms with Crippen molar-refractivity contribution in [1.29, 1.82) is 0 Å². The smallest absolute Gasteiger partial charge is 0.0570 e. The molecule has 0 aliphatic carbocycles. The van der Waals surface area contributed by atoms with Crippen molar-refractivity contribution in [3.8, 4) is 11.8 Å². The average molecular weight is 345 g/mol. The van der Waals surface area contributed by atoms with Gasteiger partial charge in [0.2, 0.25) is 0 Å². The first-order valence-electron chi connectivity index (χ1n) is 9.34. The SMILES string of the molecule is C(#Cc1cccc2ccccc12)c1ccccc1N1CCc2ccccc21. The normalized spacial score (nSPS) is 12.5. The van der Waals surface area contributed by atoms with Crippen LogP contribution in [0.25, 0.3) is 10.8 Å². The second kappa shape index (κ2) is 6.67. The largest absolute Gasteiger partial charge is 0.340 e. The zero-order chi connectivity index (χ0) is 18.1. The van der Waals surface area contributed by atoms with Gasteiger partial charge in [0.05, 0.1) is 5.69 Å². The molecular formula is C26H19N. The Balaban J connectivity index is 1.58. The van der Waals surface area contributed by atoms with Crippen LogP contribution in [0.2, 0.25) is 0 Å². The predicted molar refractivity (Wildman–Crippen MR) is 114 cm³/mol. The number of fused-ring (bicyclic) bond motifs is 2. The minimum Gasteiger partial charge on any atom is -0.340 e. The molecule has 5 rings (SSSR count). The van der Waals surface area contributed by atoms with Crippen molar-refractivity contribution in [2.24, 2.45) is 0 Å². The maximum Gasteiger partial charge on any atom is 0.0570 e. The zero-order valence-electron chi connectivity index (χ0n) is 15.0. The summed E-state index contributed by atoms with van der Waals surface area (Å²) in [5.41, 5.74) is 6.05. The van der Waals surface area contributed by atoms with Gasteiger partial charge in [-0.3, -0.25) is 0 Å². The molecule has 0 saturated heterocycles. The average Bonchev–Trinajstić information content (AvgIpc) is 3.16. The van der Waals surface area contributed by atoms with E-state index in [-0.39, 0.29) is 0 Å². The summed E-state index contributed by atoms with van der Waals surface area (Å²) in [6, 6.07) is 31.8. The molecule has 0 atom stereocenters. The summed E-state index contributed by atoms with van der Waals surface area (Å²) in [5, 5.41) is 2.43. The molecule has 0 fully saturated rings. The molecule has 1 heterocycles. The molecule has 0 N–H and O–H groups in total. The topological polar surface area (TPSA) is 3.24 Å². The van der Waals surface area contributed by atoms with Gasteiger partial charge in [-0.2, -0.15) is 0 Å². The van der Waals surface area contributed by atoms with Crippen LogP contribution in [0.5, 0.6) is 0 Å². The Bertz CT molecular complexity index is 1190. The van der Waals surface area contributed by atoms with E-state index in [1.165, 1.54) is 27.7 Å². The summed E-state index contributed by atoms with van der Waals surface area (Å²) in [5.74, 6) is 6.85. The molecule has 0 bridgehead atoms. The third kappa shape index (κ3) is 2.86. The lowest BCUT2D eigenvalue weighted by Crippen LogP contribution is -2.14. The lowest BCUT2D eigenvalue weighted by Gasteiger charge is -2.21. The molecule has 1 nitrogen and oxygen atoms in total. The summed E-state index contributed by atoms with van der Waals surface area (Å²) in [4.78, 5) is 2.39. The van der Waals surface area contributed by atoms with Gasteiger partial charge in [0.25, 0.3) is 0 Å². The van der Waals surface area contributed by atoms with Crippen molar-refractivity contribution < 1.29 is 0 Å². The molecule has 0 radical (unpaired) electrons. The Morgan fingerprint density at radius 2 is 1.26 bits per heavy atom. The van der Waals surface area contributed by atoms with Crippen molar-refractivity contribution >= 4 is 22.1 Å². The zero-order valence-corrected chi connectivity index (χ0v) is 15.0. The number of hydrogen-bond donors (Lipinski definition) is 0. The third-order valence-electron chi connectivity index (χ3n) is 5.20. The first kappa shape index (κ1) is 15.7. The first-order chi connectivity index (χ1) is 13.4. The van der Waals surface area contributed by atoms with Gasteiger partial charge in [0.1, 0.15) is 0 Å². The molecule has 128 valence electrons. The van der Waals surface area contributed by atoms with E-state index in [0.717, 1.165) is 24.1 Å². The van der Waals surface area contributed by atoms with Crippen LogP contribution < -0.4 is 4.90 Å². The highest BCUT2D eigenvalue weighted by atomic mass is 15.2. The number of hydrogen-bond acceptors (Lipinski definition) is 1. The van der Waals surface area contributed by atoms with E-state index in [1.807, 2.05) is 0 Å². The van der Waals surface area contributed by atoms with Crippen molar-refractivity contribution in [3.63, 3.8) is 0 Å². The minimum absolute atomic E-state index is 1.01. The van der Waals surface area contributed by atoms with Crippen molar-refractivity contribution in [1.82, 2.24) is 0 Å². The van der Waals surface area contributed by atoms with Crippen LogP contribution in [-0.4, -0.2) is 6.54 Å². The molecular weight excluding hydrogens is 326 g/mol. The molecule has 1 aliphatic rings. The number of para-hydroxylation sites is 2. The Hall–Kier alpha value is -3.50. The maximum atomic E-state index is 3.44. The van der Waals surface area contributed by atoms with Crippen LogP contribution in [0, 0.1) is 11.8 Å². The molecule has 0 spiro atoms. The van der Waals surface area contributed by atoms with Crippen LogP contribution in [0.15, 0.2) is 91.0 Å². The quantitative estimate of drug-likeness (QED) is 0.386. The van der Waals surface area contributed by atoms with E-state index in [2.05, 4.69) is 108 Å². The first-order valence-corrected chi connectivity index (χ1v) is 9.34. The number of nitrogens with zero attached hydrogens (tertiary/aromatic N) is 1. The fourth-order valence-electron chi connectivity index (χ4n) is 3.87. The highest BCUT2D eigenvalue weighted by Crippen LogP contribution is 2.35. The van der Waals surface area contributed by atoms with E-state index in [1.54, 1.807) is 0 Å². The van der Waals surface area contributed by atoms with Gasteiger partial charge in [-0.1, -0.05) is 78.6 Å². The monoisotopic (exact) mass is 345 g/mol. The standard InChI is InChI=1S/C26H19N/c1-4-13-24-20(8-1)11-7-12-21(24)16-17-22-9-2-5-14-25(22)27-19-18-23-10-3-6-15-26(23)27/h1-15H,18-19H2. The third-order valence-corrected chi connectivity index (χ3v) is 5.20. The second-order valence-corrected chi connectivity index (χ2v) is 6.82. The molecule has 0 unspecified atom stereocenters. The number of anilines is 2. The van der Waals surface area contributed by atoms with E-state index < -0.39 is 0 Å². The van der Waals surface area contributed by atoms with Gasteiger partial charge >= 0.3 is 0 Å². The summed E-state index contributed by atoms with van der Waals surface area (Å²) in [6.45, 7) is 1.01.